The van der Waals surface area contributed by atoms with Gasteiger partial charge in [0.1, 0.15) is 17.0 Å². The van der Waals surface area contributed by atoms with Crippen molar-refractivity contribution in [3.05, 3.63) is 35.5 Å². The number of phenols is 1. The molecule has 1 aromatic carbocycles. The number of hydrogen-bond acceptors (Lipinski definition) is 4. The normalized spacial score (nSPS) is 10.5. The zero-order valence-electron chi connectivity index (χ0n) is 9.52. The van der Waals surface area contributed by atoms with Crippen molar-refractivity contribution in [1.29, 1.82) is 0 Å². The Kier molecular flexibility index (Phi) is 2.63. The molecule has 0 radical (unpaired) electrons. The molecule has 0 aliphatic heterocycles. The third-order valence-electron chi connectivity index (χ3n) is 2.54. The Labute approximate surface area is 97.9 Å². The van der Waals surface area contributed by atoms with E-state index in [2.05, 4.69) is 4.98 Å². The number of fused-ring (bicyclic) bond motifs is 1. The summed E-state index contributed by atoms with van der Waals surface area (Å²) >= 11 is 0. The van der Waals surface area contributed by atoms with Crippen LogP contribution in [-0.4, -0.2) is 21.7 Å². The molecule has 0 amide bonds. The lowest BCUT2D eigenvalue weighted by atomic mass is 10.0. The predicted octanol–water partition coefficient (Wildman–Crippen LogP) is 2.35. The van der Waals surface area contributed by atoms with Crippen LogP contribution in [-0.2, 0) is 0 Å². The highest BCUT2D eigenvalue weighted by Gasteiger charge is 2.15. The fourth-order valence-electron chi connectivity index (χ4n) is 1.72. The van der Waals surface area contributed by atoms with Crippen LogP contribution in [0.4, 0.5) is 0 Å². The van der Waals surface area contributed by atoms with Gasteiger partial charge in [0.05, 0.1) is 0 Å². The highest BCUT2D eigenvalue weighted by molar-refractivity contribution is 6.08. The lowest BCUT2D eigenvalue weighted by Gasteiger charge is -2.06. The van der Waals surface area contributed by atoms with Crippen LogP contribution in [0.1, 0.15) is 34.7 Å². The van der Waals surface area contributed by atoms with Gasteiger partial charge in [-0.25, -0.2) is 4.98 Å². The van der Waals surface area contributed by atoms with Gasteiger partial charge >= 0.3 is 0 Å². The smallest absolute Gasteiger partial charge is 0.178 e. The zero-order valence-corrected chi connectivity index (χ0v) is 9.52. The quantitative estimate of drug-likeness (QED) is 0.802. The van der Waals surface area contributed by atoms with E-state index in [9.17, 15) is 14.7 Å². The molecule has 17 heavy (non-hydrogen) atoms. The Hall–Kier alpha value is -2.23. The van der Waals surface area contributed by atoms with Gasteiger partial charge in [-0.15, -0.1) is 0 Å². The lowest BCUT2D eigenvalue weighted by molar-refractivity contribution is 0.0977. The van der Waals surface area contributed by atoms with Crippen molar-refractivity contribution in [3.63, 3.8) is 0 Å². The summed E-state index contributed by atoms with van der Waals surface area (Å²) in [6, 6.07) is 6.48. The van der Waals surface area contributed by atoms with Crippen LogP contribution in [0.25, 0.3) is 10.9 Å². The summed E-state index contributed by atoms with van der Waals surface area (Å²) in [5, 5.41) is 10.3. The van der Waals surface area contributed by atoms with Crippen LogP contribution in [0.3, 0.4) is 0 Å². The van der Waals surface area contributed by atoms with Crippen molar-refractivity contribution in [1.82, 2.24) is 4.98 Å². The summed E-state index contributed by atoms with van der Waals surface area (Å²) in [4.78, 5) is 26.9. The van der Waals surface area contributed by atoms with E-state index in [1.807, 2.05) is 0 Å². The molecule has 4 nitrogen and oxygen atoms in total. The first-order valence-electron chi connectivity index (χ1n) is 5.15. The van der Waals surface area contributed by atoms with E-state index in [1.54, 1.807) is 18.2 Å². The minimum Gasteiger partial charge on any atom is -0.506 e. The minimum atomic E-state index is -0.291. The molecule has 0 saturated heterocycles. The van der Waals surface area contributed by atoms with Crippen molar-refractivity contribution in [2.75, 3.05) is 0 Å². The van der Waals surface area contributed by atoms with E-state index in [-0.39, 0.29) is 28.6 Å². The highest BCUT2D eigenvalue weighted by atomic mass is 16.3. The van der Waals surface area contributed by atoms with E-state index < -0.39 is 0 Å². The first-order chi connectivity index (χ1) is 8.00. The molecule has 0 atom stereocenters. The summed E-state index contributed by atoms with van der Waals surface area (Å²) in [6.45, 7) is 2.73. The van der Waals surface area contributed by atoms with Gasteiger partial charge in [-0.1, -0.05) is 12.1 Å². The van der Waals surface area contributed by atoms with Crippen molar-refractivity contribution in [3.8, 4) is 5.75 Å². The number of rotatable bonds is 2. The molecular weight excluding hydrogens is 218 g/mol. The van der Waals surface area contributed by atoms with Crippen molar-refractivity contribution in [2.24, 2.45) is 0 Å². The van der Waals surface area contributed by atoms with Gasteiger partial charge in [0.25, 0.3) is 0 Å². The van der Waals surface area contributed by atoms with Crippen LogP contribution in [0.5, 0.6) is 5.75 Å². The molecule has 0 aliphatic rings. The number of carbonyl (C=O) groups is 2. The molecule has 2 rings (SSSR count). The fourth-order valence-corrected chi connectivity index (χ4v) is 1.72. The average molecular weight is 229 g/mol. The van der Waals surface area contributed by atoms with Crippen LogP contribution in [0.2, 0.25) is 0 Å². The Balaban J connectivity index is 2.87. The largest absolute Gasteiger partial charge is 0.506 e. The second kappa shape index (κ2) is 3.97. The Morgan fingerprint density at radius 2 is 1.88 bits per heavy atom. The molecule has 0 spiro atoms. The molecule has 0 fully saturated rings. The summed E-state index contributed by atoms with van der Waals surface area (Å²) < 4.78 is 0. The number of nitrogens with zero attached hydrogens (tertiary/aromatic N) is 1. The van der Waals surface area contributed by atoms with Gasteiger partial charge in [-0.05, 0) is 19.1 Å². The Morgan fingerprint density at radius 3 is 2.47 bits per heavy atom. The maximum Gasteiger partial charge on any atom is 0.178 e. The molecule has 2 aromatic rings. The molecule has 0 bridgehead atoms. The molecule has 4 heteroatoms. The van der Waals surface area contributed by atoms with E-state index in [0.717, 1.165) is 0 Å². The van der Waals surface area contributed by atoms with E-state index >= 15 is 0 Å². The third-order valence-corrected chi connectivity index (χ3v) is 2.54. The zero-order chi connectivity index (χ0) is 12.6. The van der Waals surface area contributed by atoms with Crippen LogP contribution < -0.4 is 0 Å². The molecule has 1 heterocycles. The van der Waals surface area contributed by atoms with Crippen molar-refractivity contribution in [2.45, 2.75) is 13.8 Å². The predicted molar refractivity (Wildman–Crippen MR) is 63.4 cm³/mol. The number of carbonyl (C=O) groups excluding carboxylic acids is 2. The second-order valence-electron chi connectivity index (χ2n) is 3.85. The molecular formula is C13H11NO3. The number of ketones is 2. The number of para-hydroxylation sites is 1. The van der Waals surface area contributed by atoms with Gasteiger partial charge in [0.2, 0.25) is 0 Å². The molecule has 1 aromatic heterocycles. The van der Waals surface area contributed by atoms with Gasteiger partial charge in [-0.3, -0.25) is 9.59 Å². The number of aromatic hydroxyl groups is 1. The first kappa shape index (κ1) is 11.3. The molecule has 0 unspecified atom stereocenters. The average Bonchev–Trinajstić information content (AvgIpc) is 2.27. The summed E-state index contributed by atoms with van der Waals surface area (Å²) in [6.07, 6.45) is 0. The monoisotopic (exact) mass is 229 g/mol. The molecule has 0 saturated carbocycles. The van der Waals surface area contributed by atoms with Gasteiger partial charge in [-0.2, -0.15) is 0 Å². The van der Waals surface area contributed by atoms with Gasteiger partial charge < -0.3 is 5.11 Å². The number of Topliss-reactive ketones (excluding diaryl/α,β-unsaturated/α-hetero) is 2. The van der Waals surface area contributed by atoms with Crippen LogP contribution in [0, 0.1) is 0 Å². The minimum absolute atomic E-state index is 0.0000945. The standard InChI is InChI=1S/C13H11NO3/c1-7(15)10-6-9-4-3-5-11(17)13(9)14-12(10)8(2)16/h3-6,17H,1-2H3. The van der Waals surface area contributed by atoms with E-state index in [0.29, 0.717) is 10.9 Å². The number of benzene rings is 1. The molecule has 0 aliphatic carbocycles. The Morgan fingerprint density at radius 1 is 1.18 bits per heavy atom. The Bertz CT molecular complexity index is 632. The lowest BCUT2D eigenvalue weighted by Crippen LogP contribution is -2.07. The van der Waals surface area contributed by atoms with E-state index in [1.165, 1.54) is 19.9 Å². The van der Waals surface area contributed by atoms with Crippen molar-refractivity contribution < 1.29 is 14.7 Å². The summed E-state index contributed by atoms with van der Waals surface area (Å²) in [7, 11) is 0. The van der Waals surface area contributed by atoms with E-state index in [4.69, 9.17) is 0 Å². The summed E-state index contributed by atoms with van der Waals surface area (Å²) in [5.74, 6) is -0.506. The maximum atomic E-state index is 11.4. The van der Waals surface area contributed by atoms with Crippen LogP contribution in [0.15, 0.2) is 24.3 Å². The highest BCUT2D eigenvalue weighted by Crippen LogP contribution is 2.25. The molecule has 86 valence electrons. The van der Waals surface area contributed by atoms with Crippen molar-refractivity contribution >= 4 is 22.5 Å². The molecule has 1 N–H and O–H groups in total. The van der Waals surface area contributed by atoms with Gasteiger partial charge in [0, 0.05) is 17.9 Å². The summed E-state index contributed by atoms with van der Waals surface area (Å²) in [5.41, 5.74) is 0.727. The number of aromatic nitrogens is 1. The number of phenolic OH excluding ortho intramolecular Hbond substituents is 1. The topological polar surface area (TPSA) is 67.3 Å². The van der Waals surface area contributed by atoms with Gasteiger partial charge in [0.15, 0.2) is 11.6 Å². The number of hydrogen-bond donors (Lipinski definition) is 1. The third kappa shape index (κ3) is 1.89. The second-order valence-corrected chi connectivity index (χ2v) is 3.85. The first-order valence-corrected chi connectivity index (χ1v) is 5.15. The SMILES string of the molecule is CC(=O)c1cc2cccc(O)c2nc1C(C)=O. The fraction of sp³-hybridized carbons (Fsp3) is 0.154. The van der Waals surface area contributed by atoms with Crippen LogP contribution >= 0.6 is 0 Å². The number of pyridine rings is 1. The maximum absolute atomic E-state index is 11.4.